The van der Waals surface area contributed by atoms with Gasteiger partial charge in [-0.2, -0.15) is 0 Å². The fourth-order valence-corrected chi connectivity index (χ4v) is 1.46. The van der Waals surface area contributed by atoms with E-state index in [0.717, 1.165) is 0 Å². The van der Waals surface area contributed by atoms with Crippen LogP contribution in [-0.4, -0.2) is 55.3 Å². The number of carboxylic acid groups (broad SMARTS) is 2. The van der Waals surface area contributed by atoms with Gasteiger partial charge in [0.2, 0.25) is 5.91 Å². The van der Waals surface area contributed by atoms with E-state index in [1.165, 1.54) is 7.11 Å². The van der Waals surface area contributed by atoms with Crippen LogP contribution in [0.2, 0.25) is 0 Å². The largest absolute Gasteiger partial charge is 0.547 e. The van der Waals surface area contributed by atoms with Crippen LogP contribution in [0.1, 0.15) is 6.42 Å². The van der Waals surface area contributed by atoms with Crippen LogP contribution < -0.4 is 10.2 Å². The van der Waals surface area contributed by atoms with Gasteiger partial charge in [0.05, 0.1) is 31.6 Å². The van der Waals surface area contributed by atoms with Gasteiger partial charge in [-0.1, -0.05) is 0 Å². The van der Waals surface area contributed by atoms with Crippen molar-refractivity contribution in [3.8, 4) is 0 Å². The third-order valence-corrected chi connectivity index (χ3v) is 2.50. The summed E-state index contributed by atoms with van der Waals surface area (Å²) in [4.78, 5) is 33.3. The summed E-state index contributed by atoms with van der Waals surface area (Å²) in [6.45, 7) is -0.105. The molecule has 0 unspecified atom stereocenters. The number of aliphatic carboxylic acids is 2. The van der Waals surface area contributed by atoms with Crippen molar-refractivity contribution in [1.29, 1.82) is 0 Å². The second kappa shape index (κ2) is 5.11. The second-order valence-electron chi connectivity index (χ2n) is 3.46. The summed E-state index contributed by atoms with van der Waals surface area (Å²) >= 11 is 0. The molecule has 0 aliphatic carbocycles. The van der Waals surface area contributed by atoms with Crippen LogP contribution in [0.5, 0.6) is 0 Å². The average Bonchev–Trinajstić information content (AvgIpc) is 2.24. The zero-order valence-electron chi connectivity index (χ0n) is 9.13. The van der Waals surface area contributed by atoms with E-state index in [1.54, 1.807) is 0 Å². The molecule has 0 N–H and O–H groups in total. The summed E-state index contributed by atoms with van der Waals surface area (Å²) in [5.74, 6) is -4.41. The zero-order valence-corrected chi connectivity index (χ0v) is 9.13. The van der Waals surface area contributed by atoms with Crippen LogP contribution in [0.25, 0.3) is 0 Å². The number of nitrogens with zero attached hydrogens (tertiary/aromatic N) is 1. The number of amides is 1. The van der Waals surface area contributed by atoms with Gasteiger partial charge in [0.15, 0.2) is 0 Å². The molecule has 0 aromatic carbocycles. The Hall–Kier alpha value is -1.67. The highest BCUT2D eigenvalue weighted by molar-refractivity contribution is 6.12. The van der Waals surface area contributed by atoms with Crippen molar-refractivity contribution < 1.29 is 34.1 Å². The van der Waals surface area contributed by atoms with Gasteiger partial charge in [-0.15, -0.1) is 0 Å². The standard InChI is InChI=1S/C9H13NO7/c1-16-2-3-17-5-10-6(11)4-9(10,7(12)13)8(14)15/h2-5H2,1H3,(H,12,13)(H,14,15)/p-2. The Kier molecular flexibility index (Phi) is 4.02. The van der Waals surface area contributed by atoms with E-state index in [-0.39, 0.29) is 13.2 Å². The molecular formula is C9H11NO7-2. The molecule has 0 saturated carbocycles. The number of ether oxygens (including phenoxy) is 2. The normalized spacial score (nSPS) is 17.7. The molecule has 0 aromatic rings. The number of hydrogen-bond donors (Lipinski definition) is 0. The van der Waals surface area contributed by atoms with Crippen molar-refractivity contribution in [2.45, 2.75) is 12.0 Å². The summed E-state index contributed by atoms with van der Waals surface area (Å²) in [5.41, 5.74) is -2.41. The Bertz CT molecular complexity index is 326. The molecule has 1 heterocycles. The van der Waals surface area contributed by atoms with Gasteiger partial charge in [-0.05, 0) is 0 Å². The third kappa shape index (κ3) is 2.22. The molecule has 8 heteroatoms. The molecule has 0 spiro atoms. The average molecular weight is 245 g/mol. The molecule has 1 aliphatic rings. The highest BCUT2D eigenvalue weighted by Gasteiger charge is 2.53. The lowest BCUT2D eigenvalue weighted by Crippen LogP contribution is -2.77. The monoisotopic (exact) mass is 245 g/mol. The van der Waals surface area contributed by atoms with Crippen LogP contribution in [0.3, 0.4) is 0 Å². The number of β-lactam (4-membered cyclic amide) rings is 1. The predicted molar refractivity (Wildman–Crippen MR) is 46.9 cm³/mol. The fraction of sp³-hybridized carbons (Fsp3) is 0.667. The number of rotatable bonds is 7. The highest BCUT2D eigenvalue weighted by atomic mass is 16.5. The van der Waals surface area contributed by atoms with Crippen LogP contribution >= 0.6 is 0 Å². The molecule has 0 bridgehead atoms. The maximum absolute atomic E-state index is 11.2. The molecule has 1 aliphatic heterocycles. The number of methoxy groups -OCH3 is 1. The summed E-state index contributed by atoms with van der Waals surface area (Å²) < 4.78 is 9.57. The number of carbonyl (C=O) groups is 3. The molecule has 1 amide bonds. The van der Waals surface area contributed by atoms with E-state index in [1.807, 2.05) is 0 Å². The Morgan fingerprint density at radius 3 is 2.35 bits per heavy atom. The first-order valence-corrected chi connectivity index (χ1v) is 4.77. The highest BCUT2D eigenvalue weighted by Crippen LogP contribution is 2.31. The van der Waals surface area contributed by atoms with Gasteiger partial charge in [0.1, 0.15) is 12.3 Å². The zero-order chi connectivity index (χ0) is 13.1. The van der Waals surface area contributed by atoms with E-state index < -0.39 is 36.5 Å². The summed E-state index contributed by atoms with van der Waals surface area (Å²) in [5, 5.41) is 21.6. The van der Waals surface area contributed by atoms with Gasteiger partial charge in [0, 0.05) is 7.11 Å². The molecule has 0 atom stereocenters. The van der Waals surface area contributed by atoms with Gasteiger partial charge < -0.3 is 34.2 Å². The van der Waals surface area contributed by atoms with Crippen molar-refractivity contribution in [1.82, 2.24) is 4.90 Å². The number of carboxylic acids is 2. The molecule has 1 rings (SSSR count). The minimum atomic E-state index is -2.41. The minimum Gasteiger partial charge on any atom is -0.547 e. The van der Waals surface area contributed by atoms with Crippen LogP contribution in [0, 0.1) is 0 Å². The second-order valence-corrected chi connectivity index (χ2v) is 3.46. The number of hydrogen-bond acceptors (Lipinski definition) is 7. The lowest BCUT2D eigenvalue weighted by atomic mass is 9.84. The first-order valence-electron chi connectivity index (χ1n) is 4.77. The van der Waals surface area contributed by atoms with Crippen molar-refractivity contribution in [3.05, 3.63) is 0 Å². The predicted octanol–water partition coefficient (Wildman–Crippen LogP) is -3.92. The lowest BCUT2D eigenvalue weighted by molar-refractivity contribution is -0.348. The van der Waals surface area contributed by atoms with Crippen LogP contribution in [0.15, 0.2) is 0 Å². The first kappa shape index (κ1) is 13.4. The van der Waals surface area contributed by atoms with Crippen molar-refractivity contribution in [3.63, 3.8) is 0 Å². The number of carbonyl (C=O) groups excluding carboxylic acids is 3. The number of likely N-dealkylation sites (tertiary alicyclic amines) is 1. The van der Waals surface area contributed by atoms with Gasteiger partial charge in [0.25, 0.3) is 0 Å². The Balaban J connectivity index is 2.64. The van der Waals surface area contributed by atoms with Crippen molar-refractivity contribution in [2.75, 3.05) is 27.1 Å². The SMILES string of the molecule is COCCOCN1C(=O)CC1(C(=O)[O-])C(=O)[O-]. The summed E-state index contributed by atoms with van der Waals surface area (Å²) in [6.07, 6.45) is -0.675. The maximum atomic E-state index is 11.2. The minimum absolute atomic E-state index is 0.108. The van der Waals surface area contributed by atoms with E-state index in [9.17, 15) is 24.6 Å². The summed E-state index contributed by atoms with van der Waals surface area (Å²) in [6, 6.07) is 0. The molecule has 1 saturated heterocycles. The molecule has 17 heavy (non-hydrogen) atoms. The van der Waals surface area contributed by atoms with E-state index >= 15 is 0 Å². The molecule has 1 fully saturated rings. The molecule has 0 radical (unpaired) electrons. The van der Waals surface area contributed by atoms with Gasteiger partial charge >= 0.3 is 0 Å². The topological polar surface area (TPSA) is 119 Å². The van der Waals surface area contributed by atoms with E-state index in [4.69, 9.17) is 4.74 Å². The smallest absolute Gasteiger partial charge is 0.228 e. The maximum Gasteiger partial charge on any atom is 0.228 e. The van der Waals surface area contributed by atoms with Gasteiger partial charge in [-0.25, -0.2) is 0 Å². The first-order chi connectivity index (χ1) is 7.96. The summed E-state index contributed by atoms with van der Waals surface area (Å²) in [7, 11) is 1.44. The van der Waals surface area contributed by atoms with Crippen LogP contribution in [-0.2, 0) is 23.9 Å². The van der Waals surface area contributed by atoms with E-state index in [0.29, 0.717) is 4.90 Å². The third-order valence-electron chi connectivity index (χ3n) is 2.50. The van der Waals surface area contributed by atoms with Crippen LogP contribution in [0.4, 0.5) is 0 Å². The van der Waals surface area contributed by atoms with E-state index in [2.05, 4.69) is 4.74 Å². The van der Waals surface area contributed by atoms with Crippen molar-refractivity contribution in [2.24, 2.45) is 0 Å². The van der Waals surface area contributed by atoms with Crippen molar-refractivity contribution >= 4 is 17.8 Å². The molecule has 8 nitrogen and oxygen atoms in total. The Morgan fingerprint density at radius 1 is 1.35 bits per heavy atom. The lowest BCUT2D eigenvalue weighted by Gasteiger charge is -2.52. The fourth-order valence-electron chi connectivity index (χ4n) is 1.46. The Labute approximate surface area is 96.7 Å². The van der Waals surface area contributed by atoms with Gasteiger partial charge in [-0.3, -0.25) is 4.79 Å². The Morgan fingerprint density at radius 2 is 1.94 bits per heavy atom. The quantitative estimate of drug-likeness (QED) is 0.255. The molecule has 0 aromatic heterocycles. The molecular weight excluding hydrogens is 234 g/mol. The molecule has 96 valence electrons.